The second kappa shape index (κ2) is 8.56. The number of hydrogen-bond acceptors (Lipinski definition) is 5. The lowest BCUT2D eigenvalue weighted by Crippen LogP contribution is -2.30. The van der Waals surface area contributed by atoms with Crippen LogP contribution < -0.4 is 5.32 Å². The van der Waals surface area contributed by atoms with E-state index in [0.29, 0.717) is 30.6 Å². The van der Waals surface area contributed by atoms with Crippen LogP contribution in [0.3, 0.4) is 0 Å². The monoisotopic (exact) mass is 390 g/mol. The SMILES string of the molecule is CC(C)Cc1nnc(NC(=O)[C@@H]2CC(=O)N(CCc3ccc(F)cc3)C2)s1. The first-order chi connectivity index (χ1) is 12.9. The molecular weight excluding hydrogens is 367 g/mol. The molecule has 1 saturated heterocycles. The predicted molar refractivity (Wildman–Crippen MR) is 102 cm³/mol. The molecule has 1 aliphatic heterocycles. The Bertz CT molecular complexity index is 806. The summed E-state index contributed by atoms with van der Waals surface area (Å²) in [5.41, 5.74) is 0.962. The molecule has 2 aromatic rings. The third-order valence-corrected chi connectivity index (χ3v) is 5.31. The minimum absolute atomic E-state index is 0.0324. The van der Waals surface area contributed by atoms with Crippen molar-refractivity contribution in [3.8, 4) is 0 Å². The standard InChI is InChI=1S/C19H23FN4O2S/c1-12(2)9-16-22-23-19(27-16)21-18(26)14-10-17(25)24(11-14)8-7-13-3-5-15(20)6-4-13/h3-6,12,14H,7-11H2,1-2H3,(H,21,23,26)/t14-/m1/s1. The van der Waals surface area contributed by atoms with Crippen LogP contribution in [0.25, 0.3) is 0 Å². The minimum atomic E-state index is -0.386. The highest BCUT2D eigenvalue weighted by atomic mass is 32.1. The third kappa shape index (κ3) is 5.32. The Balaban J connectivity index is 1.51. The molecule has 2 heterocycles. The number of nitrogens with zero attached hydrogens (tertiary/aromatic N) is 3. The van der Waals surface area contributed by atoms with Crippen LogP contribution in [0.5, 0.6) is 0 Å². The van der Waals surface area contributed by atoms with Gasteiger partial charge in [-0.2, -0.15) is 0 Å². The largest absolute Gasteiger partial charge is 0.342 e. The number of hydrogen-bond donors (Lipinski definition) is 1. The normalized spacial score (nSPS) is 17.0. The number of aromatic nitrogens is 2. The van der Waals surface area contributed by atoms with Gasteiger partial charge in [-0.25, -0.2) is 4.39 Å². The van der Waals surface area contributed by atoms with Gasteiger partial charge in [0.05, 0.1) is 5.92 Å². The first-order valence-electron chi connectivity index (χ1n) is 9.06. The van der Waals surface area contributed by atoms with Crippen LogP contribution >= 0.6 is 11.3 Å². The Morgan fingerprint density at radius 2 is 2.07 bits per heavy atom. The number of carbonyl (C=O) groups excluding carboxylic acids is 2. The lowest BCUT2D eigenvalue weighted by Gasteiger charge is -2.16. The zero-order chi connectivity index (χ0) is 19.4. The molecule has 144 valence electrons. The van der Waals surface area contributed by atoms with E-state index in [4.69, 9.17) is 0 Å². The number of benzene rings is 1. The van der Waals surface area contributed by atoms with Crippen molar-refractivity contribution in [3.63, 3.8) is 0 Å². The fourth-order valence-corrected chi connectivity index (χ4v) is 3.98. The Kier molecular flexibility index (Phi) is 6.15. The molecule has 0 radical (unpaired) electrons. The second-order valence-electron chi connectivity index (χ2n) is 7.21. The van der Waals surface area contributed by atoms with Gasteiger partial charge in [-0.3, -0.25) is 9.59 Å². The molecule has 1 N–H and O–H groups in total. The second-order valence-corrected chi connectivity index (χ2v) is 8.27. The van der Waals surface area contributed by atoms with Crippen LogP contribution in [0.1, 0.15) is 30.8 Å². The van der Waals surface area contributed by atoms with Gasteiger partial charge in [0.2, 0.25) is 16.9 Å². The van der Waals surface area contributed by atoms with Crippen molar-refractivity contribution in [3.05, 3.63) is 40.7 Å². The first-order valence-corrected chi connectivity index (χ1v) is 9.88. The highest BCUT2D eigenvalue weighted by molar-refractivity contribution is 7.15. The van der Waals surface area contributed by atoms with Gasteiger partial charge in [-0.05, 0) is 30.0 Å². The highest BCUT2D eigenvalue weighted by Crippen LogP contribution is 2.23. The molecule has 1 atom stereocenters. The van der Waals surface area contributed by atoms with Gasteiger partial charge >= 0.3 is 0 Å². The van der Waals surface area contributed by atoms with Gasteiger partial charge in [0.1, 0.15) is 10.8 Å². The molecule has 0 spiro atoms. The molecule has 8 heteroatoms. The van der Waals surface area contributed by atoms with Gasteiger partial charge < -0.3 is 10.2 Å². The molecule has 0 bridgehead atoms. The van der Waals surface area contributed by atoms with Crippen molar-refractivity contribution in [1.29, 1.82) is 0 Å². The van der Waals surface area contributed by atoms with E-state index >= 15 is 0 Å². The van der Waals surface area contributed by atoms with Gasteiger partial charge in [0, 0.05) is 25.9 Å². The molecule has 0 aliphatic carbocycles. The summed E-state index contributed by atoms with van der Waals surface area (Å²) < 4.78 is 13.0. The van der Waals surface area contributed by atoms with Crippen molar-refractivity contribution in [2.75, 3.05) is 18.4 Å². The zero-order valence-corrected chi connectivity index (χ0v) is 16.3. The molecule has 1 aliphatic rings. The van der Waals surface area contributed by atoms with Crippen molar-refractivity contribution in [2.45, 2.75) is 33.1 Å². The smallest absolute Gasteiger partial charge is 0.231 e. The van der Waals surface area contributed by atoms with Gasteiger partial charge in [0.25, 0.3) is 0 Å². The number of nitrogens with one attached hydrogen (secondary N) is 1. The summed E-state index contributed by atoms with van der Waals surface area (Å²) in [6.45, 7) is 5.11. The number of carbonyl (C=O) groups is 2. The summed E-state index contributed by atoms with van der Waals surface area (Å²) in [6, 6.07) is 6.24. The Hall–Kier alpha value is -2.35. The maximum absolute atomic E-state index is 13.0. The number of anilines is 1. The average Bonchev–Trinajstić information content (AvgIpc) is 3.20. The van der Waals surface area contributed by atoms with Gasteiger partial charge in [0.15, 0.2) is 0 Å². The fourth-order valence-electron chi connectivity index (χ4n) is 3.02. The lowest BCUT2D eigenvalue weighted by atomic mass is 10.1. The van der Waals surface area contributed by atoms with E-state index in [0.717, 1.165) is 17.0 Å². The van der Waals surface area contributed by atoms with Crippen molar-refractivity contribution >= 4 is 28.3 Å². The maximum Gasteiger partial charge on any atom is 0.231 e. The van der Waals surface area contributed by atoms with Crippen LogP contribution in [0, 0.1) is 17.7 Å². The lowest BCUT2D eigenvalue weighted by molar-refractivity contribution is -0.128. The molecule has 6 nitrogen and oxygen atoms in total. The molecule has 1 aromatic carbocycles. The molecule has 27 heavy (non-hydrogen) atoms. The predicted octanol–water partition coefficient (Wildman–Crippen LogP) is 2.91. The highest BCUT2D eigenvalue weighted by Gasteiger charge is 2.34. The van der Waals surface area contributed by atoms with Crippen LogP contribution in [0.15, 0.2) is 24.3 Å². The fraction of sp³-hybridized carbons (Fsp3) is 0.474. The van der Waals surface area contributed by atoms with E-state index in [1.165, 1.54) is 23.5 Å². The van der Waals surface area contributed by atoms with Crippen molar-refractivity contribution in [2.24, 2.45) is 11.8 Å². The van der Waals surface area contributed by atoms with Crippen LogP contribution in [-0.2, 0) is 22.4 Å². The molecular formula is C19H23FN4O2S. The van der Waals surface area contributed by atoms with E-state index in [2.05, 4.69) is 29.4 Å². The summed E-state index contributed by atoms with van der Waals surface area (Å²) in [5.74, 6) is -0.414. The molecule has 1 fully saturated rings. The van der Waals surface area contributed by atoms with Crippen LogP contribution in [0.2, 0.25) is 0 Å². The Labute approximate surface area is 161 Å². The maximum atomic E-state index is 13.0. The first kappa shape index (κ1) is 19.4. The number of rotatable bonds is 7. The summed E-state index contributed by atoms with van der Waals surface area (Å²) in [4.78, 5) is 26.4. The number of amides is 2. The average molecular weight is 390 g/mol. The van der Waals surface area contributed by atoms with Crippen LogP contribution in [-0.4, -0.2) is 40.0 Å². The molecule has 2 amide bonds. The summed E-state index contributed by atoms with van der Waals surface area (Å²) >= 11 is 1.38. The molecule has 0 unspecified atom stereocenters. The van der Waals surface area contributed by atoms with Gasteiger partial charge in [-0.1, -0.05) is 37.3 Å². The van der Waals surface area contributed by atoms with Crippen molar-refractivity contribution < 1.29 is 14.0 Å². The van der Waals surface area contributed by atoms with Gasteiger partial charge in [-0.15, -0.1) is 10.2 Å². The zero-order valence-electron chi connectivity index (χ0n) is 15.4. The quantitative estimate of drug-likeness (QED) is 0.789. The van der Waals surface area contributed by atoms with E-state index in [-0.39, 0.29) is 30.0 Å². The number of likely N-dealkylation sites (tertiary alicyclic amines) is 1. The van der Waals surface area contributed by atoms with E-state index < -0.39 is 0 Å². The number of halogens is 1. The molecule has 0 saturated carbocycles. The van der Waals surface area contributed by atoms with E-state index in [9.17, 15) is 14.0 Å². The minimum Gasteiger partial charge on any atom is -0.342 e. The van der Waals surface area contributed by atoms with Crippen LogP contribution in [0.4, 0.5) is 9.52 Å². The summed E-state index contributed by atoms with van der Waals surface area (Å²) in [5, 5.41) is 12.2. The summed E-state index contributed by atoms with van der Waals surface area (Å²) in [6.07, 6.45) is 1.66. The topological polar surface area (TPSA) is 75.2 Å². The van der Waals surface area contributed by atoms with E-state index in [1.54, 1.807) is 17.0 Å². The molecule has 1 aromatic heterocycles. The van der Waals surface area contributed by atoms with E-state index in [1.807, 2.05) is 0 Å². The summed E-state index contributed by atoms with van der Waals surface area (Å²) in [7, 11) is 0. The molecule has 3 rings (SSSR count). The third-order valence-electron chi connectivity index (χ3n) is 4.45. The van der Waals surface area contributed by atoms with Crippen molar-refractivity contribution in [1.82, 2.24) is 15.1 Å². The Morgan fingerprint density at radius 3 is 2.78 bits per heavy atom. The Morgan fingerprint density at radius 1 is 1.33 bits per heavy atom.